The molecule has 0 bridgehead atoms. The largest absolute Gasteiger partial charge is 0.497 e. The fraction of sp³-hybridized carbons (Fsp3) is 0.357. The first-order chi connectivity index (χ1) is 10.2. The summed E-state index contributed by atoms with van der Waals surface area (Å²) in [6, 6.07) is 7.30. The first-order valence-corrected chi connectivity index (χ1v) is 6.58. The maximum absolute atomic E-state index is 11.7. The molecular formula is C14H17N3O4. The van der Waals surface area contributed by atoms with Crippen LogP contribution in [0.1, 0.15) is 29.4 Å². The summed E-state index contributed by atoms with van der Waals surface area (Å²) >= 11 is 0. The van der Waals surface area contributed by atoms with Crippen molar-refractivity contribution in [2.75, 3.05) is 13.7 Å². The van der Waals surface area contributed by atoms with E-state index in [0.29, 0.717) is 13.0 Å². The monoisotopic (exact) mass is 291 g/mol. The number of nitrogens with zero attached hydrogens (tertiary/aromatic N) is 3. The number of carbonyl (C=O) groups is 1. The number of esters is 1. The smallest absolute Gasteiger partial charge is 0.364 e. The minimum atomic E-state index is -0.671. The highest BCUT2D eigenvalue weighted by Crippen LogP contribution is 2.18. The number of hydrogen-bond acceptors (Lipinski definition) is 6. The van der Waals surface area contributed by atoms with Gasteiger partial charge in [-0.2, -0.15) is 0 Å². The summed E-state index contributed by atoms with van der Waals surface area (Å²) in [4.78, 5) is 11.7. The molecule has 2 rings (SSSR count). The summed E-state index contributed by atoms with van der Waals surface area (Å²) in [5, 5.41) is 17.4. The zero-order valence-electron chi connectivity index (χ0n) is 11.9. The summed E-state index contributed by atoms with van der Waals surface area (Å²) in [5.41, 5.74) is 0.724. The number of hydrogen-bond donors (Lipinski definition) is 1. The highest BCUT2D eigenvalue weighted by Gasteiger charge is 2.20. The van der Waals surface area contributed by atoms with Crippen molar-refractivity contribution in [3.8, 4) is 11.6 Å². The predicted molar refractivity (Wildman–Crippen MR) is 74.4 cm³/mol. The van der Waals surface area contributed by atoms with Crippen molar-refractivity contribution in [2.45, 2.75) is 19.9 Å². The van der Waals surface area contributed by atoms with Gasteiger partial charge in [0.2, 0.25) is 11.6 Å². The van der Waals surface area contributed by atoms with E-state index in [0.717, 1.165) is 11.3 Å². The van der Waals surface area contributed by atoms with Crippen LogP contribution in [0.25, 0.3) is 0 Å². The van der Waals surface area contributed by atoms with Crippen molar-refractivity contribution in [1.82, 2.24) is 15.0 Å². The van der Waals surface area contributed by atoms with E-state index in [9.17, 15) is 9.90 Å². The SMILES string of the molecule is CCCOC(=O)c1nnn(Cc2ccc(OC)cc2)c1O. The van der Waals surface area contributed by atoms with Gasteiger partial charge in [-0.3, -0.25) is 0 Å². The van der Waals surface area contributed by atoms with Crippen LogP contribution in [-0.2, 0) is 11.3 Å². The first-order valence-electron chi connectivity index (χ1n) is 6.58. The number of aromatic nitrogens is 3. The molecule has 112 valence electrons. The lowest BCUT2D eigenvalue weighted by Crippen LogP contribution is -2.07. The van der Waals surface area contributed by atoms with Crippen LogP contribution in [0.4, 0.5) is 0 Å². The summed E-state index contributed by atoms with van der Waals surface area (Å²) < 4.78 is 11.2. The van der Waals surface area contributed by atoms with Gasteiger partial charge in [-0.1, -0.05) is 24.3 Å². The van der Waals surface area contributed by atoms with Crippen LogP contribution in [0.3, 0.4) is 0 Å². The Labute approximate surface area is 122 Å². The van der Waals surface area contributed by atoms with Gasteiger partial charge in [0.25, 0.3) is 0 Å². The lowest BCUT2D eigenvalue weighted by Gasteiger charge is -2.04. The first kappa shape index (κ1) is 14.8. The lowest BCUT2D eigenvalue weighted by atomic mass is 10.2. The van der Waals surface area contributed by atoms with E-state index in [1.54, 1.807) is 19.2 Å². The van der Waals surface area contributed by atoms with Crippen LogP contribution in [-0.4, -0.2) is 39.8 Å². The molecule has 1 N–H and O–H groups in total. The van der Waals surface area contributed by atoms with Gasteiger partial charge < -0.3 is 14.6 Å². The minimum Gasteiger partial charge on any atom is -0.497 e. The van der Waals surface area contributed by atoms with Gasteiger partial charge >= 0.3 is 5.97 Å². The molecule has 2 aromatic rings. The highest BCUT2D eigenvalue weighted by atomic mass is 16.5. The third-order valence-corrected chi connectivity index (χ3v) is 2.83. The van der Waals surface area contributed by atoms with Crippen molar-refractivity contribution >= 4 is 5.97 Å². The minimum absolute atomic E-state index is 0.169. The molecule has 1 aromatic heterocycles. The Bertz CT molecular complexity index is 607. The topological polar surface area (TPSA) is 86.5 Å². The Morgan fingerprint density at radius 2 is 2.05 bits per heavy atom. The molecule has 1 heterocycles. The van der Waals surface area contributed by atoms with Gasteiger partial charge in [-0.25, -0.2) is 9.48 Å². The van der Waals surface area contributed by atoms with Gasteiger partial charge in [0.15, 0.2) is 0 Å². The van der Waals surface area contributed by atoms with E-state index in [4.69, 9.17) is 9.47 Å². The van der Waals surface area contributed by atoms with E-state index < -0.39 is 5.97 Å². The van der Waals surface area contributed by atoms with E-state index in [1.807, 2.05) is 19.1 Å². The summed E-state index contributed by atoms with van der Waals surface area (Å²) in [6.07, 6.45) is 0.701. The zero-order chi connectivity index (χ0) is 15.2. The Morgan fingerprint density at radius 3 is 2.67 bits per heavy atom. The Kier molecular flexibility index (Phi) is 4.76. The van der Waals surface area contributed by atoms with E-state index >= 15 is 0 Å². The van der Waals surface area contributed by atoms with Crippen LogP contribution in [0.15, 0.2) is 24.3 Å². The Balaban J connectivity index is 2.10. The Hall–Kier alpha value is -2.57. The molecule has 7 nitrogen and oxygen atoms in total. The quantitative estimate of drug-likeness (QED) is 0.814. The fourth-order valence-electron chi connectivity index (χ4n) is 1.71. The zero-order valence-corrected chi connectivity index (χ0v) is 11.9. The predicted octanol–water partition coefficient (Wildman–Crippen LogP) is 1.61. The molecule has 0 aliphatic rings. The number of methoxy groups -OCH3 is 1. The van der Waals surface area contributed by atoms with Crippen LogP contribution in [0, 0.1) is 0 Å². The van der Waals surface area contributed by atoms with Crippen molar-refractivity contribution < 1.29 is 19.4 Å². The summed E-state index contributed by atoms with van der Waals surface area (Å²) in [5.74, 6) is -0.229. The van der Waals surface area contributed by atoms with Gasteiger partial charge in [-0.15, -0.1) is 5.10 Å². The van der Waals surface area contributed by atoms with Crippen molar-refractivity contribution in [1.29, 1.82) is 0 Å². The van der Waals surface area contributed by atoms with E-state index in [1.165, 1.54) is 4.68 Å². The standard InChI is InChI=1S/C14H17N3O4/c1-3-8-21-14(19)12-13(18)17(16-15-12)9-10-4-6-11(20-2)7-5-10/h4-7,18H,3,8-9H2,1-2H3. The number of rotatable bonds is 6. The molecule has 0 aliphatic carbocycles. The number of ether oxygens (including phenoxy) is 2. The van der Waals surface area contributed by atoms with Crippen molar-refractivity contribution in [3.63, 3.8) is 0 Å². The molecule has 0 saturated carbocycles. The normalized spacial score (nSPS) is 10.4. The Morgan fingerprint density at radius 1 is 1.33 bits per heavy atom. The molecule has 0 saturated heterocycles. The van der Waals surface area contributed by atoms with E-state index in [-0.39, 0.29) is 18.2 Å². The van der Waals surface area contributed by atoms with Gasteiger partial charge in [-0.05, 0) is 24.1 Å². The third-order valence-electron chi connectivity index (χ3n) is 2.83. The fourth-order valence-corrected chi connectivity index (χ4v) is 1.71. The number of benzene rings is 1. The maximum atomic E-state index is 11.7. The summed E-state index contributed by atoms with van der Waals surface area (Å²) in [6.45, 7) is 2.46. The van der Waals surface area contributed by atoms with Gasteiger partial charge in [0, 0.05) is 0 Å². The molecule has 7 heteroatoms. The molecule has 0 unspecified atom stereocenters. The maximum Gasteiger partial charge on any atom is 0.364 e. The van der Waals surface area contributed by atoms with Crippen LogP contribution < -0.4 is 4.74 Å². The van der Waals surface area contributed by atoms with Crippen molar-refractivity contribution in [2.24, 2.45) is 0 Å². The molecule has 0 aliphatic heterocycles. The lowest BCUT2D eigenvalue weighted by molar-refractivity contribution is 0.0494. The molecular weight excluding hydrogens is 274 g/mol. The second-order valence-electron chi connectivity index (χ2n) is 4.40. The average Bonchev–Trinajstić information content (AvgIpc) is 2.87. The molecule has 0 radical (unpaired) electrons. The van der Waals surface area contributed by atoms with Crippen LogP contribution in [0.2, 0.25) is 0 Å². The molecule has 21 heavy (non-hydrogen) atoms. The summed E-state index contributed by atoms with van der Waals surface area (Å²) in [7, 11) is 1.59. The van der Waals surface area contributed by atoms with E-state index in [2.05, 4.69) is 10.3 Å². The second kappa shape index (κ2) is 6.74. The second-order valence-corrected chi connectivity index (χ2v) is 4.40. The average molecular weight is 291 g/mol. The molecule has 0 atom stereocenters. The van der Waals surface area contributed by atoms with Gasteiger partial charge in [0.1, 0.15) is 5.75 Å². The van der Waals surface area contributed by atoms with Crippen LogP contribution >= 0.6 is 0 Å². The molecule has 0 spiro atoms. The molecule has 0 amide bonds. The number of aromatic hydroxyl groups is 1. The molecule has 0 fully saturated rings. The van der Waals surface area contributed by atoms with Crippen LogP contribution in [0.5, 0.6) is 11.6 Å². The van der Waals surface area contributed by atoms with Crippen molar-refractivity contribution in [3.05, 3.63) is 35.5 Å². The number of carbonyl (C=O) groups excluding carboxylic acids is 1. The molecule has 1 aromatic carbocycles. The highest BCUT2D eigenvalue weighted by molar-refractivity contribution is 5.89. The third kappa shape index (κ3) is 3.50. The van der Waals surface area contributed by atoms with Gasteiger partial charge in [0.05, 0.1) is 20.3 Å².